The van der Waals surface area contributed by atoms with E-state index in [0.29, 0.717) is 11.3 Å². The van der Waals surface area contributed by atoms with E-state index in [0.717, 1.165) is 0 Å². The molecule has 0 spiro atoms. The first-order valence-corrected chi connectivity index (χ1v) is 4.80. The Morgan fingerprint density at radius 1 is 1.56 bits per heavy atom. The molecule has 0 fully saturated rings. The first-order valence-electron chi connectivity index (χ1n) is 4.80. The van der Waals surface area contributed by atoms with Crippen LogP contribution >= 0.6 is 12.4 Å². The smallest absolute Gasteiger partial charge is 0.225 e. The zero-order chi connectivity index (χ0) is 11.4. The lowest BCUT2D eigenvalue weighted by atomic mass is 10.2. The molecule has 3 nitrogen and oxygen atoms in total. The van der Waals surface area contributed by atoms with Crippen molar-refractivity contribution in [3.63, 3.8) is 0 Å². The van der Waals surface area contributed by atoms with Gasteiger partial charge in [-0.05, 0) is 37.6 Å². The summed E-state index contributed by atoms with van der Waals surface area (Å²) < 4.78 is 12.8. The lowest BCUT2D eigenvalue weighted by molar-refractivity contribution is -0.116. The second kappa shape index (κ2) is 6.45. The number of aryl methyl sites for hydroxylation is 1. The van der Waals surface area contributed by atoms with Gasteiger partial charge in [-0.3, -0.25) is 4.79 Å². The van der Waals surface area contributed by atoms with E-state index in [1.54, 1.807) is 19.9 Å². The number of halogens is 2. The van der Waals surface area contributed by atoms with Gasteiger partial charge in [-0.25, -0.2) is 4.39 Å². The molecule has 0 aliphatic heterocycles. The molecule has 0 heterocycles. The van der Waals surface area contributed by atoms with Gasteiger partial charge in [0.05, 0.1) is 0 Å². The Labute approximate surface area is 101 Å². The topological polar surface area (TPSA) is 55.1 Å². The minimum atomic E-state index is -0.308. The van der Waals surface area contributed by atoms with Gasteiger partial charge in [-0.1, -0.05) is 0 Å². The second-order valence-electron chi connectivity index (χ2n) is 3.69. The summed E-state index contributed by atoms with van der Waals surface area (Å²) in [5, 5.41) is 2.68. The van der Waals surface area contributed by atoms with Gasteiger partial charge in [0, 0.05) is 18.2 Å². The van der Waals surface area contributed by atoms with Gasteiger partial charge in [0.2, 0.25) is 5.91 Å². The summed E-state index contributed by atoms with van der Waals surface area (Å²) in [6.45, 7) is 3.50. The molecule has 1 amide bonds. The number of rotatable bonds is 3. The number of carbonyl (C=O) groups is 1. The standard InChI is InChI=1S/C11H15FN2O.ClH/c1-7-5-9(12)3-4-10(7)14-11(15)6-8(2)13;/h3-5,8H,6,13H2,1-2H3,(H,14,15);1H. The Bertz CT molecular complexity index is 369. The van der Waals surface area contributed by atoms with Crippen LogP contribution in [0.2, 0.25) is 0 Å². The molecule has 0 aliphatic carbocycles. The maximum atomic E-state index is 12.8. The summed E-state index contributed by atoms with van der Waals surface area (Å²) in [7, 11) is 0. The average Bonchev–Trinajstić information content (AvgIpc) is 2.08. The molecule has 0 bridgehead atoms. The highest BCUT2D eigenvalue weighted by molar-refractivity contribution is 5.91. The van der Waals surface area contributed by atoms with Gasteiger partial charge in [0.1, 0.15) is 5.82 Å². The summed E-state index contributed by atoms with van der Waals surface area (Å²) in [5.41, 5.74) is 6.82. The van der Waals surface area contributed by atoms with Crippen molar-refractivity contribution in [1.29, 1.82) is 0 Å². The molecule has 0 radical (unpaired) electrons. The number of hydrogen-bond acceptors (Lipinski definition) is 2. The van der Waals surface area contributed by atoms with Crippen molar-refractivity contribution in [2.24, 2.45) is 5.73 Å². The Kier molecular flexibility index (Phi) is 6.00. The molecule has 1 atom stereocenters. The van der Waals surface area contributed by atoms with Gasteiger partial charge in [-0.15, -0.1) is 12.4 Å². The van der Waals surface area contributed by atoms with Gasteiger partial charge in [-0.2, -0.15) is 0 Å². The maximum absolute atomic E-state index is 12.8. The van der Waals surface area contributed by atoms with Crippen molar-refractivity contribution in [1.82, 2.24) is 0 Å². The van der Waals surface area contributed by atoms with E-state index >= 15 is 0 Å². The van der Waals surface area contributed by atoms with Crippen LogP contribution in [0.4, 0.5) is 10.1 Å². The number of nitrogens with two attached hydrogens (primary N) is 1. The molecule has 3 N–H and O–H groups in total. The number of nitrogens with one attached hydrogen (secondary N) is 1. The number of benzene rings is 1. The molecule has 16 heavy (non-hydrogen) atoms. The van der Waals surface area contributed by atoms with Crippen molar-refractivity contribution in [2.45, 2.75) is 26.3 Å². The third-order valence-corrected chi connectivity index (χ3v) is 1.97. The van der Waals surface area contributed by atoms with E-state index < -0.39 is 0 Å². The molecule has 1 unspecified atom stereocenters. The normalized spacial score (nSPS) is 11.5. The van der Waals surface area contributed by atoms with Gasteiger partial charge < -0.3 is 11.1 Å². The van der Waals surface area contributed by atoms with E-state index in [1.165, 1.54) is 12.1 Å². The van der Waals surface area contributed by atoms with Crippen LogP contribution in [-0.2, 0) is 4.79 Å². The third-order valence-electron chi connectivity index (χ3n) is 1.97. The largest absolute Gasteiger partial charge is 0.327 e. The van der Waals surface area contributed by atoms with Crippen LogP contribution in [-0.4, -0.2) is 11.9 Å². The van der Waals surface area contributed by atoms with Gasteiger partial charge in [0.25, 0.3) is 0 Å². The molecule has 5 heteroatoms. The quantitative estimate of drug-likeness (QED) is 0.859. The van der Waals surface area contributed by atoms with Crippen LogP contribution in [0.15, 0.2) is 18.2 Å². The number of anilines is 1. The Hall–Kier alpha value is -1.13. The highest BCUT2D eigenvalue weighted by Crippen LogP contribution is 2.15. The lowest BCUT2D eigenvalue weighted by Gasteiger charge is -2.09. The molecule has 1 aromatic carbocycles. The minimum absolute atomic E-state index is 0. The van der Waals surface area contributed by atoms with Crippen molar-refractivity contribution in [2.75, 3.05) is 5.32 Å². The summed E-state index contributed by atoms with van der Waals surface area (Å²) in [6.07, 6.45) is 0.261. The van der Waals surface area contributed by atoms with Crippen molar-refractivity contribution in [3.8, 4) is 0 Å². The predicted molar refractivity (Wildman–Crippen MR) is 65.3 cm³/mol. The molecule has 0 saturated heterocycles. The fourth-order valence-electron chi connectivity index (χ4n) is 1.26. The molecule has 0 aliphatic rings. The fraction of sp³-hybridized carbons (Fsp3) is 0.364. The van der Waals surface area contributed by atoms with E-state index in [9.17, 15) is 9.18 Å². The fourth-order valence-corrected chi connectivity index (χ4v) is 1.26. The summed E-state index contributed by atoms with van der Waals surface area (Å²) >= 11 is 0. The highest BCUT2D eigenvalue weighted by atomic mass is 35.5. The Balaban J connectivity index is 0.00000225. The first-order chi connectivity index (χ1) is 6.99. The van der Waals surface area contributed by atoms with E-state index in [2.05, 4.69) is 5.32 Å². The lowest BCUT2D eigenvalue weighted by Crippen LogP contribution is -2.24. The third kappa shape index (κ3) is 4.59. The number of carbonyl (C=O) groups excluding carboxylic acids is 1. The molecule has 90 valence electrons. The molecule has 0 aromatic heterocycles. The SMILES string of the molecule is Cc1cc(F)ccc1NC(=O)CC(C)N.Cl. The van der Waals surface area contributed by atoms with Crippen LogP contribution in [0.5, 0.6) is 0 Å². The van der Waals surface area contributed by atoms with E-state index in [1.807, 2.05) is 0 Å². The Morgan fingerprint density at radius 3 is 2.69 bits per heavy atom. The average molecular weight is 247 g/mol. The van der Waals surface area contributed by atoms with E-state index in [4.69, 9.17) is 5.73 Å². The van der Waals surface area contributed by atoms with Crippen molar-refractivity contribution >= 4 is 24.0 Å². The van der Waals surface area contributed by atoms with Crippen LogP contribution in [0.3, 0.4) is 0 Å². The zero-order valence-corrected chi connectivity index (χ0v) is 10.1. The van der Waals surface area contributed by atoms with Gasteiger partial charge >= 0.3 is 0 Å². The predicted octanol–water partition coefficient (Wildman–Crippen LogP) is 2.23. The number of hydrogen-bond donors (Lipinski definition) is 2. The second-order valence-corrected chi connectivity index (χ2v) is 3.69. The first kappa shape index (κ1) is 14.9. The van der Waals surface area contributed by atoms with E-state index in [-0.39, 0.29) is 36.6 Å². The molecule has 1 rings (SSSR count). The van der Waals surface area contributed by atoms with Crippen LogP contribution < -0.4 is 11.1 Å². The highest BCUT2D eigenvalue weighted by Gasteiger charge is 2.07. The monoisotopic (exact) mass is 246 g/mol. The molecule has 0 saturated carbocycles. The summed E-state index contributed by atoms with van der Waals surface area (Å²) in [6, 6.07) is 4.06. The molecular formula is C11H16ClFN2O. The molecular weight excluding hydrogens is 231 g/mol. The van der Waals surface area contributed by atoms with Crippen LogP contribution in [0, 0.1) is 12.7 Å². The number of amides is 1. The van der Waals surface area contributed by atoms with Crippen LogP contribution in [0.1, 0.15) is 18.9 Å². The van der Waals surface area contributed by atoms with Crippen LogP contribution in [0.25, 0.3) is 0 Å². The van der Waals surface area contributed by atoms with Gasteiger partial charge in [0.15, 0.2) is 0 Å². The molecule has 1 aromatic rings. The Morgan fingerprint density at radius 2 is 2.19 bits per heavy atom. The maximum Gasteiger partial charge on any atom is 0.225 e. The van der Waals surface area contributed by atoms with Crippen molar-refractivity contribution < 1.29 is 9.18 Å². The summed E-state index contributed by atoms with van der Waals surface area (Å²) in [5.74, 6) is -0.461. The minimum Gasteiger partial charge on any atom is -0.327 e. The zero-order valence-electron chi connectivity index (χ0n) is 9.29. The van der Waals surface area contributed by atoms with Crippen molar-refractivity contribution in [3.05, 3.63) is 29.6 Å². The summed E-state index contributed by atoms with van der Waals surface area (Å²) in [4.78, 5) is 11.4.